The van der Waals surface area contributed by atoms with Gasteiger partial charge in [-0.05, 0) is 37.6 Å². The maximum Gasteiger partial charge on any atom is 0.240 e. The molecule has 0 spiro atoms. The molecule has 0 heterocycles. The zero-order valence-electron chi connectivity index (χ0n) is 13.4. The van der Waals surface area contributed by atoms with Crippen molar-refractivity contribution in [2.45, 2.75) is 31.2 Å². The number of nitrogens with two attached hydrogens (primary N) is 1. The number of benzene rings is 1. The second kappa shape index (κ2) is 8.62. The van der Waals surface area contributed by atoms with Gasteiger partial charge < -0.3 is 10.5 Å². The molecule has 0 aliphatic rings. The van der Waals surface area contributed by atoms with Gasteiger partial charge >= 0.3 is 0 Å². The number of rotatable bonds is 10. The van der Waals surface area contributed by atoms with Crippen LogP contribution in [-0.4, -0.2) is 47.5 Å². The summed E-state index contributed by atoms with van der Waals surface area (Å²) >= 11 is 0. The molecular weight excluding hydrogens is 340 g/mol. The van der Waals surface area contributed by atoms with E-state index in [-0.39, 0.29) is 35.6 Å². The fourth-order valence-electron chi connectivity index (χ4n) is 1.65. The molecule has 0 amide bonds. The van der Waals surface area contributed by atoms with Gasteiger partial charge in [0.25, 0.3) is 0 Å². The maximum atomic E-state index is 12.0. The van der Waals surface area contributed by atoms with Crippen molar-refractivity contribution in [3.63, 3.8) is 0 Å². The van der Waals surface area contributed by atoms with Crippen molar-refractivity contribution in [3.05, 3.63) is 24.3 Å². The van der Waals surface area contributed by atoms with E-state index in [2.05, 4.69) is 4.72 Å². The number of nitrogens with one attached hydrogen (secondary N) is 1. The lowest BCUT2D eigenvalue weighted by molar-refractivity contribution is 0.340. The van der Waals surface area contributed by atoms with Crippen molar-refractivity contribution in [1.29, 1.82) is 0 Å². The zero-order valence-corrected chi connectivity index (χ0v) is 15.0. The molecule has 0 saturated carbocycles. The quantitative estimate of drug-likeness (QED) is 0.625. The summed E-state index contributed by atoms with van der Waals surface area (Å²) in [5.74, 6) is 0.425. The van der Waals surface area contributed by atoms with E-state index in [1.54, 1.807) is 13.8 Å². The van der Waals surface area contributed by atoms with Gasteiger partial charge in [0.05, 0.1) is 10.6 Å². The van der Waals surface area contributed by atoms with Gasteiger partial charge in [-0.1, -0.05) is 6.92 Å². The van der Waals surface area contributed by atoms with Crippen LogP contribution in [0.15, 0.2) is 29.2 Å². The van der Waals surface area contributed by atoms with E-state index < -0.39 is 19.9 Å². The predicted octanol–water partition coefficient (Wildman–Crippen LogP) is 0.516. The SMILES string of the molecule is CCS(=O)(=O)CCOc1ccc(S(=O)(=O)NCCC(C)N)cc1. The number of hydrogen-bond donors (Lipinski definition) is 2. The van der Waals surface area contributed by atoms with E-state index in [1.165, 1.54) is 24.3 Å². The molecule has 7 nitrogen and oxygen atoms in total. The number of hydrogen-bond acceptors (Lipinski definition) is 6. The molecule has 0 bridgehead atoms. The monoisotopic (exact) mass is 364 g/mol. The van der Waals surface area contributed by atoms with E-state index in [9.17, 15) is 16.8 Å². The molecule has 0 fully saturated rings. The molecule has 23 heavy (non-hydrogen) atoms. The summed E-state index contributed by atoms with van der Waals surface area (Å²) in [5.41, 5.74) is 5.57. The summed E-state index contributed by atoms with van der Waals surface area (Å²) in [5, 5.41) is 0. The predicted molar refractivity (Wildman–Crippen MR) is 89.7 cm³/mol. The minimum Gasteiger partial charge on any atom is -0.493 e. The first-order chi connectivity index (χ1) is 10.7. The molecule has 9 heteroatoms. The molecule has 0 aliphatic heterocycles. The Balaban J connectivity index is 2.58. The van der Waals surface area contributed by atoms with Crippen LogP contribution in [-0.2, 0) is 19.9 Å². The minimum atomic E-state index is -3.58. The van der Waals surface area contributed by atoms with E-state index in [1.807, 2.05) is 0 Å². The molecule has 1 aromatic rings. The van der Waals surface area contributed by atoms with Crippen LogP contribution in [0.1, 0.15) is 20.3 Å². The number of sulfone groups is 1. The fraction of sp³-hybridized carbons (Fsp3) is 0.571. The molecule has 1 atom stereocenters. The summed E-state index contributed by atoms with van der Waals surface area (Å²) < 4.78 is 54.6. The highest BCUT2D eigenvalue weighted by Crippen LogP contribution is 2.16. The Kier molecular flexibility index (Phi) is 7.46. The van der Waals surface area contributed by atoms with Crippen LogP contribution in [0.2, 0.25) is 0 Å². The standard InChI is InChI=1S/C14H24N2O5S2/c1-3-22(17,18)11-10-21-13-4-6-14(7-5-13)23(19,20)16-9-8-12(2)15/h4-7,12,16H,3,8-11,15H2,1-2H3. The molecule has 3 N–H and O–H groups in total. The highest BCUT2D eigenvalue weighted by molar-refractivity contribution is 7.91. The summed E-state index contributed by atoms with van der Waals surface area (Å²) in [4.78, 5) is 0.121. The lowest BCUT2D eigenvalue weighted by Crippen LogP contribution is -2.29. The van der Waals surface area contributed by atoms with Gasteiger partial charge in [0.1, 0.15) is 12.4 Å². The molecule has 132 valence electrons. The summed E-state index contributed by atoms with van der Waals surface area (Å²) in [7, 11) is -6.66. The van der Waals surface area contributed by atoms with Crippen molar-refractivity contribution in [2.75, 3.05) is 24.7 Å². The van der Waals surface area contributed by atoms with Gasteiger partial charge in [-0.15, -0.1) is 0 Å². The third-order valence-corrected chi connectivity index (χ3v) is 6.27. The number of ether oxygens (including phenoxy) is 1. The summed E-state index contributed by atoms with van der Waals surface area (Å²) in [6, 6.07) is 5.75. The van der Waals surface area contributed by atoms with Crippen molar-refractivity contribution < 1.29 is 21.6 Å². The van der Waals surface area contributed by atoms with Crippen LogP contribution in [0.4, 0.5) is 0 Å². The molecular formula is C14H24N2O5S2. The zero-order chi connectivity index (χ0) is 17.5. The minimum absolute atomic E-state index is 0.0366. The highest BCUT2D eigenvalue weighted by atomic mass is 32.2. The van der Waals surface area contributed by atoms with Gasteiger partial charge in [-0.3, -0.25) is 0 Å². The highest BCUT2D eigenvalue weighted by Gasteiger charge is 2.14. The van der Waals surface area contributed by atoms with Crippen LogP contribution in [0, 0.1) is 0 Å². The maximum absolute atomic E-state index is 12.0. The van der Waals surface area contributed by atoms with Crippen molar-refractivity contribution in [3.8, 4) is 5.75 Å². The van der Waals surface area contributed by atoms with E-state index in [4.69, 9.17) is 10.5 Å². The van der Waals surface area contributed by atoms with Crippen molar-refractivity contribution >= 4 is 19.9 Å². The fourth-order valence-corrected chi connectivity index (χ4v) is 3.32. The first-order valence-corrected chi connectivity index (χ1v) is 10.7. The van der Waals surface area contributed by atoms with Crippen LogP contribution in [0.25, 0.3) is 0 Å². The Labute approximate surface area is 138 Å². The van der Waals surface area contributed by atoms with Crippen LogP contribution >= 0.6 is 0 Å². The third-order valence-electron chi connectivity index (χ3n) is 3.13. The molecule has 1 unspecified atom stereocenters. The Morgan fingerprint density at radius 1 is 1.17 bits per heavy atom. The van der Waals surface area contributed by atoms with Crippen LogP contribution in [0.3, 0.4) is 0 Å². The first-order valence-electron chi connectivity index (χ1n) is 7.35. The van der Waals surface area contributed by atoms with Gasteiger partial charge in [-0.25, -0.2) is 21.6 Å². The third kappa shape index (κ3) is 7.30. The normalized spacial score (nSPS) is 13.7. The Hall–Kier alpha value is -1.16. The summed E-state index contributed by atoms with van der Waals surface area (Å²) in [6.07, 6.45) is 0.548. The van der Waals surface area contributed by atoms with Crippen molar-refractivity contribution in [2.24, 2.45) is 5.73 Å². The topological polar surface area (TPSA) is 116 Å². The van der Waals surface area contributed by atoms with Crippen LogP contribution in [0.5, 0.6) is 5.75 Å². The second-order valence-electron chi connectivity index (χ2n) is 5.22. The van der Waals surface area contributed by atoms with E-state index in [0.717, 1.165) is 0 Å². The van der Waals surface area contributed by atoms with Crippen LogP contribution < -0.4 is 15.2 Å². The van der Waals surface area contributed by atoms with Gasteiger partial charge in [0, 0.05) is 18.3 Å². The molecule has 0 aliphatic carbocycles. The van der Waals surface area contributed by atoms with Crippen molar-refractivity contribution in [1.82, 2.24) is 4.72 Å². The Morgan fingerprint density at radius 2 is 1.78 bits per heavy atom. The largest absolute Gasteiger partial charge is 0.493 e. The van der Waals surface area contributed by atoms with E-state index >= 15 is 0 Å². The Morgan fingerprint density at radius 3 is 2.30 bits per heavy atom. The van der Waals surface area contributed by atoms with Gasteiger partial charge in [0.2, 0.25) is 10.0 Å². The first kappa shape index (κ1) is 19.9. The lowest BCUT2D eigenvalue weighted by Gasteiger charge is -2.10. The molecule has 0 saturated heterocycles. The smallest absolute Gasteiger partial charge is 0.240 e. The molecule has 1 aromatic carbocycles. The number of sulfonamides is 1. The Bertz CT molecular complexity index is 682. The molecule has 0 aromatic heterocycles. The molecule has 0 radical (unpaired) electrons. The second-order valence-corrected chi connectivity index (χ2v) is 9.46. The van der Waals surface area contributed by atoms with E-state index in [0.29, 0.717) is 12.2 Å². The van der Waals surface area contributed by atoms with Gasteiger partial charge in [0.15, 0.2) is 9.84 Å². The average molecular weight is 364 g/mol. The average Bonchev–Trinajstić information content (AvgIpc) is 2.47. The van der Waals surface area contributed by atoms with Gasteiger partial charge in [-0.2, -0.15) is 0 Å². The summed E-state index contributed by atoms with van der Waals surface area (Å²) in [6.45, 7) is 3.69. The molecule has 1 rings (SSSR count). The lowest BCUT2D eigenvalue weighted by atomic mass is 10.3.